The van der Waals surface area contributed by atoms with Gasteiger partial charge >= 0.3 is 0 Å². The number of hydrogen-bond donors (Lipinski definition) is 1. The lowest BCUT2D eigenvalue weighted by Crippen LogP contribution is -1.99. The van der Waals surface area contributed by atoms with Crippen molar-refractivity contribution < 1.29 is 9.13 Å². The molecule has 0 saturated carbocycles. The van der Waals surface area contributed by atoms with E-state index in [9.17, 15) is 4.39 Å². The summed E-state index contributed by atoms with van der Waals surface area (Å²) in [6.07, 6.45) is 6.22. The van der Waals surface area contributed by atoms with Gasteiger partial charge in [0.1, 0.15) is 5.75 Å². The van der Waals surface area contributed by atoms with Crippen molar-refractivity contribution in [1.29, 1.82) is 0 Å². The Balaban J connectivity index is 1.65. The van der Waals surface area contributed by atoms with Gasteiger partial charge in [0.15, 0.2) is 5.82 Å². The SMILES string of the molecule is COc1cccc2c(F)c(CCCCn3cc(Br)cn3)[nH]c12. The molecule has 116 valence electrons. The van der Waals surface area contributed by atoms with E-state index in [0.29, 0.717) is 23.3 Å². The van der Waals surface area contributed by atoms with Crippen molar-refractivity contribution in [2.24, 2.45) is 0 Å². The van der Waals surface area contributed by atoms with Gasteiger partial charge in [-0.25, -0.2) is 4.39 Å². The van der Waals surface area contributed by atoms with Crippen molar-refractivity contribution in [3.8, 4) is 5.75 Å². The number of fused-ring (bicyclic) bond motifs is 1. The van der Waals surface area contributed by atoms with E-state index in [1.54, 1.807) is 25.4 Å². The minimum atomic E-state index is -0.171. The Morgan fingerprint density at radius 1 is 1.36 bits per heavy atom. The average molecular weight is 366 g/mol. The molecule has 1 aromatic carbocycles. The van der Waals surface area contributed by atoms with Crippen LogP contribution < -0.4 is 4.74 Å². The van der Waals surface area contributed by atoms with Crippen LogP contribution in [0.15, 0.2) is 35.1 Å². The van der Waals surface area contributed by atoms with Crippen molar-refractivity contribution in [3.63, 3.8) is 0 Å². The van der Waals surface area contributed by atoms with Crippen LogP contribution in [0.4, 0.5) is 4.39 Å². The molecule has 2 heterocycles. The Hall–Kier alpha value is -1.82. The molecule has 0 radical (unpaired) electrons. The molecule has 0 fully saturated rings. The molecule has 1 N–H and O–H groups in total. The number of methoxy groups -OCH3 is 1. The zero-order valence-electron chi connectivity index (χ0n) is 12.3. The lowest BCUT2D eigenvalue weighted by Gasteiger charge is -2.01. The molecule has 0 saturated heterocycles. The predicted molar refractivity (Wildman–Crippen MR) is 87.7 cm³/mol. The third kappa shape index (κ3) is 3.02. The summed E-state index contributed by atoms with van der Waals surface area (Å²) in [5.41, 5.74) is 1.37. The van der Waals surface area contributed by atoms with E-state index in [2.05, 4.69) is 26.0 Å². The molecular formula is C16H17BrFN3O. The maximum Gasteiger partial charge on any atom is 0.151 e. The fraction of sp³-hybridized carbons (Fsp3) is 0.312. The van der Waals surface area contributed by atoms with E-state index in [4.69, 9.17) is 4.74 Å². The predicted octanol–water partition coefficient (Wildman–Crippen LogP) is 4.30. The van der Waals surface area contributed by atoms with Gasteiger partial charge in [-0.1, -0.05) is 6.07 Å². The van der Waals surface area contributed by atoms with E-state index >= 15 is 0 Å². The first-order valence-electron chi connectivity index (χ1n) is 7.20. The van der Waals surface area contributed by atoms with Gasteiger partial charge in [0.25, 0.3) is 0 Å². The molecule has 0 amide bonds. The smallest absolute Gasteiger partial charge is 0.151 e. The molecule has 0 aliphatic heterocycles. The Kier molecular flexibility index (Phi) is 4.47. The minimum absolute atomic E-state index is 0.171. The third-order valence-corrected chi connectivity index (χ3v) is 4.10. The molecular weight excluding hydrogens is 349 g/mol. The fourth-order valence-electron chi connectivity index (χ4n) is 2.59. The number of unbranched alkanes of at least 4 members (excludes halogenated alkanes) is 1. The zero-order valence-corrected chi connectivity index (χ0v) is 13.9. The minimum Gasteiger partial charge on any atom is -0.495 e. The second kappa shape index (κ2) is 6.52. The molecule has 22 heavy (non-hydrogen) atoms. The zero-order chi connectivity index (χ0) is 15.5. The molecule has 3 rings (SSSR count). The molecule has 6 heteroatoms. The van der Waals surface area contributed by atoms with Gasteiger partial charge < -0.3 is 9.72 Å². The highest BCUT2D eigenvalue weighted by Crippen LogP contribution is 2.29. The molecule has 0 bridgehead atoms. The first-order valence-corrected chi connectivity index (χ1v) is 7.99. The summed E-state index contributed by atoms with van der Waals surface area (Å²) in [6.45, 7) is 0.830. The van der Waals surface area contributed by atoms with E-state index in [-0.39, 0.29) is 5.82 Å². The van der Waals surface area contributed by atoms with Gasteiger partial charge in [-0.2, -0.15) is 5.10 Å². The summed E-state index contributed by atoms with van der Waals surface area (Å²) in [5, 5.41) is 4.79. The number of halogens is 2. The Labute approximate surface area is 136 Å². The van der Waals surface area contributed by atoms with Crippen LogP contribution in [0.2, 0.25) is 0 Å². The number of hydrogen-bond acceptors (Lipinski definition) is 2. The highest BCUT2D eigenvalue weighted by Gasteiger charge is 2.13. The Bertz CT molecular complexity index is 781. The van der Waals surface area contributed by atoms with Gasteiger partial charge in [-0.3, -0.25) is 4.68 Å². The Morgan fingerprint density at radius 3 is 2.95 bits per heavy atom. The number of aromatic amines is 1. The van der Waals surface area contributed by atoms with E-state index in [1.165, 1.54) is 0 Å². The van der Waals surface area contributed by atoms with Crippen LogP contribution in [0, 0.1) is 5.82 Å². The molecule has 2 aromatic heterocycles. The topological polar surface area (TPSA) is 42.8 Å². The summed E-state index contributed by atoms with van der Waals surface area (Å²) < 4.78 is 22.5. The number of aromatic nitrogens is 3. The van der Waals surface area contributed by atoms with Crippen LogP contribution in [-0.4, -0.2) is 21.9 Å². The maximum atomic E-state index is 14.4. The molecule has 0 aliphatic rings. The van der Waals surface area contributed by atoms with Crippen LogP contribution in [0.3, 0.4) is 0 Å². The van der Waals surface area contributed by atoms with E-state index < -0.39 is 0 Å². The van der Waals surface area contributed by atoms with Gasteiger partial charge in [-0.05, 0) is 47.3 Å². The van der Waals surface area contributed by atoms with Crippen LogP contribution in [0.25, 0.3) is 10.9 Å². The number of rotatable bonds is 6. The number of H-pyrrole nitrogens is 1. The highest BCUT2D eigenvalue weighted by atomic mass is 79.9. The van der Waals surface area contributed by atoms with E-state index in [0.717, 1.165) is 29.4 Å². The largest absolute Gasteiger partial charge is 0.495 e. The van der Waals surface area contributed by atoms with Crippen molar-refractivity contribution in [3.05, 3.63) is 46.6 Å². The lowest BCUT2D eigenvalue weighted by atomic mass is 10.1. The number of benzene rings is 1. The first kappa shape index (κ1) is 15.1. The Morgan fingerprint density at radius 2 is 2.23 bits per heavy atom. The molecule has 4 nitrogen and oxygen atoms in total. The van der Waals surface area contributed by atoms with Crippen molar-refractivity contribution >= 4 is 26.8 Å². The summed E-state index contributed by atoms with van der Waals surface area (Å²) in [7, 11) is 1.59. The second-order valence-corrected chi connectivity index (χ2v) is 6.09. The number of ether oxygens (including phenoxy) is 1. The number of aryl methyl sites for hydroxylation is 2. The number of para-hydroxylation sites is 1. The van der Waals surface area contributed by atoms with Crippen LogP contribution >= 0.6 is 15.9 Å². The van der Waals surface area contributed by atoms with Gasteiger partial charge in [0.2, 0.25) is 0 Å². The van der Waals surface area contributed by atoms with Crippen LogP contribution in [-0.2, 0) is 13.0 Å². The highest BCUT2D eigenvalue weighted by molar-refractivity contribution is 9.10. The summed E-state index contributed by atoms with van der Waals surface area (Å²) in [4.78, 5) is 3.16. The summed E-state index contributed by atoms with van der Waals surface area (Å²) in [5.74, 6) is 0.500. The van der Waals surface area contributed by atoms with E-state index in [1.807, 2.05) is 16.9 Å². The second-order valence-electron chi connectivity index (χ2n) is 5.18. The normalized spacial score (nSPS) is 11.2. The number of nitrogens with zero attached hydrogens (tertiary/aromatic N) is 2. The molecule has 0 unspecified atom stereocenters. The van der Waals surface area contributed by atoms with Crippen molar-refractivity contribution in [1.82, 2.24) is 14.8 Å². The molecule has 0 spiro atoms. The maximum absolute atomic E-state index is 14.4. The van der Waals surface area contributed by atoms with Crippen molar-refractivity contribution in [2.45, 2.75) is 25.8 Å². The van der Waals surface area contributed by atoms with Crippen LogP contribution in [0.1, 0.15) is 18.5 Å². The molecule has 0 aliphatic carbocycles. The molecule has 3 aromatic rings. The lowest BCUT2D eigenvalue weighted by molar-refractivity contribution is 0.419. The van der Waals surface area contributed by atoms with Crippen molar-refractivity contribution in [2.75, 3.05) is 7.11 Å². The summed E-state index contributed by atoms with van der Waals surface area (Å²) in [6, 6.07) is 5.41. The number of nitrogens with one attached hydrogen (secondary N) is 1. The monoisotopic (exact) mass is 365 g/mol. The average Bonchev–Trinajstić information content (AvgIpc) is 3.08. The van der Waals surface area contributed by atoms with Gasteiger partial charge in [0, 0.05) is 18.1 Å². The standard InChI is InChI=1S/C16H17BrFN3O/c1-22-14-7-4-5-12-15(18)13(20-16(12)14)6-2-3-8-21-10-11(17)9-19-21/h4-5,7,9-10,20H,2-3,6,8H2,1H3. The van der Waals surface area contributed by atoms with Gasteiger partial charge in [0.05, 0.1) is 29.0 Å². The third-order valence-electron chi connectivity index (χ3n) is 3.69. The van der Waals surface area contributed by atoms with Gasteiger partial charge in [-0.15, -0.1) is 0 Å². The van der Waals surface area contributed by atoms with Crippen LogP contribution in [0.5, 0.6) is 5.75 Å². The summed E-state index contributed by atoms with van der Waals surface area (Å²) >= 11 is 3.37. The molecule has 0 atom stereocenters. The quantitative estimate of drug-likeness (QED) is 0.661. The first-order chi connectivity index (χ1) is 10.7. The fourth-order valence-corrected chi connectivity index (χ4v) is 2.92.